The third kappa shape index (κ3) is 3.04. The first-order valence-corrected chi connectivity index (χ1v) is 2.82. The molecule has 0 aliphatic rings. The zero-order valence-electron chi connectivity index (χ0n) is 7.31. The van der Waals surface area contributed by atoms with E-state index in [4.69, 9.17) is 0 Å². The molecule has 0 atom stereocenters. The van der Waals surface area contributed by atoms with E-state index in [1.807, 2.05) is 0 Å². The van der Waals surface area contributed by atoms with E-state index in [0.29, 0.717) is 0 Å². The summed E-state index contributed by atoms with van der Waals surface area (Å²) >= 11 is 0. The van der Waals surface area contributed by atoms with Gasteiger partial charge >= 0.3 is 29.6 Å². The fraction of sp³-hybridized carbons (Fsp3) is 0.250. The Morgan fingerprint density at radius 3 is 1.33 bits per heavy atom. The van der Waals surface area contributed by atoms with Crippen molar-refractivity contribution in [1.29, 1.82) is 0 Å². The number of rotatable bonds is 0. The molecule has 0 aromatic heterocycles. The van der Waals surface area contributed by atoms with Crippen LogP contribution in [0.25, 0.3) is 0 Å². The van der Waals surface area contributed by atoms with E-state index in [2.05, 4.69) is 38.1 Å². The zero-order chi connectivity index (χ0) is 5.98. The van der Waals surface area contributed by atoms with E-state index < -0.39 is 0 Å². The molecule has 0 N–H and O–H groups in total. The van der Waals surface area contributed by atoms with Gasteiger partial charge in [0.1, 0.15) is 0 Å². The van der Waals surface area contributed by atoms with Gasteiger partial charge in [-0.05, 0) is 13.8 Å². The molecule has 1 heteroatoms. The van der Waals surface area contributed by atoms with Gasteiger partial charge < -0.3 is 1.43 Å². The number of benzene rings is 1. The second kappa shape index (κ2) is 4.10. The summed E-state index contributed by atoms with van der Waals surface area (Å²) in [6, 6.07) is 8.48. The van der Waals surface area contributed by atoms with E-state index in [-0.39, 0.29) is 31.0 Å². The third-order valence-electron chi connectivity index (χ3n) is 1.22. The maximum absolute atomic E-state index is 2.12. The molecule has 0 saturated heterocycles. The summed E-state index contributed by atoms with van der Waals surface area (Å²) in [5, 5.41) is 0. The second-order valence-corrected chi connectivity index (χ2v) is 2.15. The Kier molecular flexibility index (Phi) is 4.20. The molecule has 44 valence electrons. The predicted molar refractivity (Wildman–Crippen MR) is 37.0 cm³/mol. The van der Waals surface area contributed by atoms with E-state index in [1.165, 1.54) is 11.1 Å². The first-order valence-electron chi connectivity index (χ1n) is 2.82. The molecule has 9 heavy (non-hydrogen) atoms. The van der Waals surface area contributed by atoms with Crippen molar-refractivity contribution >= 4 is 0 Å². The Morgan fingerprint density at radius 1 is 0.889 bits per heavy atom. The topological polar surface area (TPSA) is 0 Å². The summed E-state index contributed by atoms with van der Waals surface area (Å²) in [5.41, 5.74) is 2.66. The van der Waals surface area contributed by atoms with Gasteiger partial charge in [-0.25, -0.2) is 0 Å². The van der Waals surface area contributed by atoms with Crippen molar-refractivity contribution in [3.05, 3.63) is 35.4 Å². The minimum absolute atomic E-state index is 0. The number of aryl methyl sites for hydroxylation is 2. The van der Waals surface area contributed by atoms with Gasteiger partial charge in [0.2, 0.25) is 0 Å². The summed E-state index contributed by atoms with van der Waals surface area (Å²) in [7, 11) is 0. The Bertz CT molecular complexity index is 148. The maximum Gasteiger partial charge on any atom is 1.00 e. The molecule has 0 saturated carbocycles. The van der Waals surface area contributed by atoms with Gasteiger partial charge in [0.25, 0.3) is 0 Å². The third-order valence-corrected chi connectivity index (χ3v) is 1.22. The van der Waals surface area contributed by atoms with Crippen LogP contribution in [0.5, 0.6) is 0 Å². The van der Waals surface area contributed by atoms with Crippen molar-refractivity contribution in [3.63, 3.8) is 0 Å². The van der Waals surface area contributed by atoms with E-state index in [9.17, 15) is 0 Å². The molecule has 0 amide bonds. The van der Waals surface area contributed by atoms with Gasteiger partial charge in [-0.1, -0.05) is 35.4 Å². The molecule has 0 heterocycles. The van der Waals surface area contributed by atoms with Crippen molar-refractivity contribution in [1.82, 2.24) is 0 Å². The monoisotopic (exact) mass is 130 g/mol. The normalized spacial score (nSPS) is 8.22. The second-order valence-electron chi connectivity index (χ2n) is 2.15. The molecule has 0 aliphatic carbocycles. The van der Waals surface area contributed by atoms with Crippen LogP contribution in [0, 0.1) is 13.8 Å². The standard InChI is InChI=1S/C8H10.Na.H/c1-7-3-5-8(2)6-4-7;;/h3-6H,1-2H3;;/q;+1;-1. The van der Waals surface area contributed by atoms with Crippen LogP contribution < -0.4 is 29.6 Å². The van der Waals surface area contributed by atoms with E-state index in [1.54, 1.807) is 0 Å². The fourth-order valence-corrected chi connectivity index (χ4v) is 0.637. The van der Waals surface area contributed by atoms with Crippen molar-refractivity contribution in [3.8, 4) is 0 Å². The van der Waals surface area contributed by atoms with Gasteiger partial charge in [0, 0.05) is 0 Å². The molecular formula is C8H11Na. The van der Waals surface area contributed by atoms with Crippen LogP contribution >= 0.6 is 0 Å². The van der Waals surface area contributed by atoms with Crippen molar-refractivity contribution in [2.24, 2.45) is 0 Å². The predicted octanol–water partition coefficient (Wildman–Crippen LogP) is -0.580. The zero-order valence-corrected chi connectivity index (χ0v) is 8.31. The molecule has 0 radical (unpaired) electrons. The summed E-state index contributed by atoms with van der Waals surface area (Å²) in [5.74, 6) is 0. The van der Waals surface area contributed by atoms with Crippen LogP contribution in [0.2, 0.25) is 0 Å². The fourth-order valence-electron chi connectivity index (χ4n) is 0.637. The van der Waals surface area contributed by atoms with Crippen LogP contribution in [0.1, 0.15) is 12.6 Å². The molecule has 0 nitrogen and oxygen atoms in total. The van der Waals surface area contributed by atoms with Crippen LogP contribution in [0.3, 0.4) is 0 Å². The molecule has 0 spiro atoms. The van der Waals surface area contributed by atoms with E-state index >= 15 is 0 Å². The molecule has 0 unspecified atom stereocenters. The smallest absolute Gasteiger partial charge is 1.00 e. The van der Waals surface area contributed by atoms with Crippen molar-refractivity contribution in [2.45, 2.75) is 13.8 Å². The minimum atomic E-state index is 0. The number of hydrogen-bond acceptors (Lipinski definition) is 0. The first-order chi connectivity index (χ1) is 3.79. The molecule has 1 rings (SSSR count). The Balaban J connectivity index is 0. The average molecular weight is 130 g/mol. The quantitative estimate of drug-likeness (QED) is 0.412. The Labute approximate surface area is 80.1 Å². The summed E-state index contributed by atoms with van der Waals surface area (Å²) in [6.07, 6.45) is 0. The van der Waals surface area contributed by atoms with Crippen LogP contribution in [0.15, 0.2) is 24.3 Å². The van der Waals surface area contributed by atoms with Crippen LogP contribution in [-0.2, 0) is 0 Å². The maximum atomic E-state index is 2.12. The molecule has 1 aromatic carbocycles. The molecule has 0 aliphatic heterocycles. The minimum Gasteiger partial charge on any atom is -1.00 e. The summed E-state index contributed by atoms with van der Waals surface area (Å²) in [4.78, 5) is 0. The van der Waals surface area contributed by atoms with Crippen molar-refractivity contribution in [2.75, 3.05) is 0 Å². The van der Waals surface area contributed by atoms with E-state index in [0.717, 1.165) is 0 Å². The molecule has 1 aromatic rings. The van der Waals surface area contributed by atoms with Gasteiger partial charge in [0.15, 0.2) is 0 Å². The molecular weight excluding hydrogens is 119 g/mol. The van der Waals surface area contributed by atoms with Gasteiger partial charge in [-0.15, -0.1) is 0 Å². The largest absolute Gasteiger partial charge is 1.00 e. The molecule has 0 bridgehead atoms. The summed E-state index contributed by atoms with van der Waals surface area (Å²) < 4.78 is 0. The summed E-state index contributed by atoms with van der Waals surface area (Å²) in [6.45, 7) is 4.19. The molecule has 0 fully saturated rings. The van der Waals surface area contributed by atoms with Gasteiger partial charge in [-0.3, -0.25) is 0 Å². The van der Waals surface area contributed by atoms with Crippen LogP contribution in [-0.4, -0.2) is 0 Å². The Morgan fingerprint density at radius 2 is 1.11 bits per heavy atom. The van der Waals surface area contributed by atoms with Crippen molar-refractivity contribution < 1.29 is 31.0 Å². The van der Waals surface area contributed by atoms with Gasteiger partial charge in [-0.2, -0.15) is 0 Å². The van der Waals surface area contributed by atoms with Gasteiger partial charge in [0.05, 0.1) is 0 Å². The average Bonchev–Trinajstić information content (AvgIpc) is 1.77. The van der Waals surface area contributed by atoms with Crippen LogP contribution in [0.4, 0.5) is 0 Å². The first kappa shape index (κ1) is 9.22. The number of hydrogen-bond donors (Lipinski definition) is 0. The Hall–Kier alpha value is 0.220. The SMILES string of the molecule is Cc1ccc(C)cc1.[H-].[Na+].